The molecule has 3 rings (SSSR count). The van der Waals surface area contributed by atoms with Crippen LogP contribution in [0, 0.1) is 0 Å². The number of H-pyrrole nitrogens is 1. The van der Waals surface area contributed by atoms with Gasteiger partial charge < -0.3 is 10.6 Å². The van der Waals surface area contributed by atoms with E-state index in [2.05, 4.69) is 58.9 Å². The van der Waals surface area contributed by atoms with Gasteiger partial charge in [-0.1, -0.05) is 28.1 Å². The molecule has 0 aliphatic heterocycles. The molecule has 21 heavy (non-hydrogen) atoms. The molecule has 0 saturated carbocycles. The van der Waals surface area contributed by atoms with Crippen LogP contribution in [0.5, 0.6) is 0 Å². The van der Waals surface area contributed by atoms with E-state index in [9.17, 15) is 0 Å². The van der Waals surface area contributed by atoms with Gasteiger partial charge in [0, 0.05) is 17.6 Å². The number of nitrogens with one attached hydrogen (secondary N) is 3. The zero-order valence-corrected chi connectivity index (χ0v) is 13.1. The molecule has 0 spiro atoms. The highest BCUT2D eigenvalue weighted by atomic mass is 79.9. The van der Waals surface area contributed by atoms with E-state index in [-0.39, 0.29) is 0 Å². The van der Waals surface area contributed by atoms with Crippen LogP contribution >= 0.6 is 15.9 Å². The first kappa shape index (κ1) is 13.8. The molecule has 3 N–H and O–H groups in total. The summed E-state index contributed by atoms with van der Waals surface area (Å²) in [6.07, 6.45) is 1.73. The van der Waals surface area contributed by atoms with Crippen molar-refractivity contribution in [2.45, 2.75) is 13.5 Å². The van der Waals surface area contributed by atoms with Gasteiger partial charge in [-0.2, -0.15) is 15.1 Å². The fourth-order valence-electron chi connectivity index (χ4n) is 2.04. The third-order valence-corrected chi connectivity index (χ3v) is 3.49. The lowest BCUT2D eigenvalue weighted by atomic mass is 10.2. The van der Waals surface area contributed by atoms with Crippen LogP contribution in [0.2, 0.25) is 0 Å². The van der Waals surface area contributed by atoms with Crippen molar-refractivity contribution in [3.8, 4) is 0 Å². The zero-order valence-electron chi connectivity index (χ0n) is 11.5. The lowest BCUT2D eigenvalue weighted by Crippen LogP contribution is -2.07. The molecule has 0 aliphatic rings. The Morgan fingerprint density at radius 1 is 1.24 bits per heavy atom. The van der Waals surface area contributed by atoms with E-state index in [1.54, 1.807) is 6.20 Å². The molecule has 0 fully saturated rings. The molecule has 1 aromatic carbocycles. The summed E-state index contributed by atoms with van der Waals surface area (Å²) < 4.78 is 1.06. The van der Waals surface area contributed by atoms with Crippen LogP contribution in [-0.2, 0) is 6.54 Å². The first-order valence-electron chi connectivity index (χ1n) is 6.69. The Balaban J connectivity index is 1.86. The second-order valence-electron chi connectivity index (χ2n) is 4.54. The summed E-state index contributed by atoms with van der Waals surface area (Å²) in [6, 6.07) is 8.16. The molecule has 7 heteroatoms. The van der Waals surface area contributed by atoms with E-state index in [4.69, 9.17) is 0 Å². The Labute approximate surface area is 130 Å². The Morgan fingerprint density at radius 2 is 2.14 bits per heavy atom. The predicted octanol–water partition coefficient (Wildman–Crippen LogP) is 3.16. The molecule has 2 aromatic heterocycles. The van der Waals surface area contributed by atoms with Crippen molar-refractivity contribution in [3.63, 3.8) is 0 Å². The van der Waals surface area contributed by atoms with Crippen molar-refractivity contribution in [1.82, 2.24) is 20.2 Å². The molecule has 0 saturated heterocycles. The topological polar surface area (TPSA) is 78.5 Å². The summed E-state index contributed by atoms with van der Waals surface area (Å²) in [4.78, 5) is 8.86. The summed E-state index contributed by atoms with van der Waals surface area (Å²) in [6.45, 7) is 3.46. The number of aromatic amines is 1. The SMILES string of the molecule is CCNc1nc(NCc2cccc(Br)c2)c2cn[nH]c2n1. The highest BCUT2D eigenvalue weighted by Gasteiger charge is 2.09. The molecule has 3 aromatic rings. The van der Waals surface area contributed by atoms with Crippen LogP contribution in [0.1, 0.15) is 12.5 Å². The lowest BCUT2D eigenvalue weighted by molar-refractivity contribution is 1.06. The van der Waals surface area contributed by atoms with Gasteiger partial charge in [0.2, 0.25) is 5.95 Å². The van der Waals surface area contributed by atoms with Gasteiger partial charge in [-0.05, 0) is 24.6 Å². The van der Waals surface area contributed by atoms with Gasteiger partial charge in [0.1, 0.15) is 5.82 Å². The predicted molar refractivity (Wildman–Crippen MR) is 87.3 cm³/mol. The number of aromatic nitrogens is 4. The molecule has 0 aliphatic carbocycles. The second-order valence-corrected chi connectivity index (χ2v) is 5.46. The van der Waals surface area contributed by atoms with Gasteiger partial charge in [-0.15, -0.1) is 0 Å². The van der Waals surface area contributed by atoms with Crippen molar-refractivity contribution in [2.75, 3.05) is 17.2 Å². The van der Waals surface area contributed by atoms with Gasteiger partial charge in [0.25, 0.3) is 0 Å². The van der Waals surface area contributed by atoms with Crippen molar-refractivity contribution in [1.29, 1.82) is 0 Å². The quantitative estimate of drug-likeness (QED) is 0.661. The molecule has 0 amide bonds. The molecular formula is C14H15BrN6. The normalized spacial score (nSPS) is 10.8. The molecular weight excluding hydrogens is 332 g/mol. The number of halogens is 1. The average Bonchev–Trinajstić information content (AvgIpc) is 2.93. The van der Waals surface area contributed by atoms with Crippen molar-refractivity contribution >= 4 is 38.7 Å². The highest BCUT2D eigenvalue weighted by Crippen LogP contribution is 2.21. The van der Waals surface area contributed by atoms with Crippen LogP contribution in [-0.4, -0.2) is 26.7 Å². The molecule has 0 radical (unpaired) electrons. The number of benzene rings is 1. The first-order valence-corrected chi connectivity index (χ1v) is 7.49. The third-order valence-electron chi connectivity index (χ3n) is 2.99. The maximum Gasteiger partial charge on any atom is 0.226 e. The van der Waals surface area contributed by atoms with Crippen molar-refractivity contribution in [2.24, 2.45) is 0 Å². The van der Waals surface area contributed by atoms with Crippen LogP contribution < -0.4 is 10.6 Å². The van der Waals surface area contributed by atoms with Crippen LogP contribution in [0.25, 0.3) is 11.0 Å². The van der Waals surface area contributed by atoms with Gasteiger partial charge in [-0.25, -0.2) is 0 Å². The van der Waals surface area contributed by atoms with Crippen molar-refractivity contribution < 1.29 is 0 Å². The van der Waals surface area contributed by atoms with Crippen molar-refractivity contribution in [3.05, 3.63) is 40.5 Å². The smallest absolute Gasteiger partial charge is 0.226 e. The molecule has 0 unspecified atom stereocenters. The van der Waals surface area contributed by atoms with E-state index in [0.717, 1.165) is 27.9 Å². The molecule has 108 valence electrons. The Kier molecular flexibility index (Phi) is 4.01. The van der Waals surface area contributed by atoms with E-state index in [0.29, 0.717) is 12.5 Å². The van der Waals surface area contributed by atoms with Gasteiger partial charge in [0.15, 0.2) is 5.65 Å². The number of rotatable bonds is 5. The van der Waals surface area contributed by atoms with Crippen LogP contribution in [0.4, 0.5) is 11.8 Å². The Morgan fingerprint density at radius 3 is 2.95 bits per heavy atom. The second kappa shape index (κ2) is 6.09. The molecule has 6 nitrogen and oxygen atoms in total. The van der Waals surface area contributed by atoms with Gasteiger partial charge in [-0.3, -0.25) is 5.10 Å². The largest absolute Gasteiger partial charge is 0.365 e. The maximum atomic E-state index is 4.50. The minimum Gasteiger partial charge on any atom is -0.365 e. The third kappa shape index (κ3) is 3.13. The van der Waals surface area contributed by atoms with E-state index < -0.39 is 0 Å². The first-order chi connectivity index (χ1) is 10.3. The van der Waals surface area contributed by atoms with Gasteiger partial charge in [0.05, 0.1) is 11.6 Å². The summed E-state index contributed by atoms with van der Waals surface area (Å²) in [5, 5.41) is 14.3. The fourth-order valence-corrected chi connectivity index (χ4v) is 2.49. The number of anilines is 2. The number of fused-ring (bicyclic) bond motifs is 1. The van der Waals surface area contributed by atoms with Crippen LogP contribution in [0.3, 0.4) is 0 Å². The highest BCUT2D eigenvalue weighted by molar-refractivity contribution is 9.10. The fraction of sp³-hybridized carbons (Fsp3) is 0.214. The summed E-state index contributed by atoms with van der Waals surface area (Å²) in [5.41, 5.74) is 1.89. The monoisotopic (exact) mass is 346 g/mol. The van der Waals surface area contributed by atoms with Crippen LogP contribution in [0.15, 0.2) is 34.9 Å². The summed E-state index contributed by atoms with van der Waals surface area (Å²) in [7, 11) is 0. The maximum absolute atomic E-state index is 4.50. The standard InChI is InChI=1S/C14H15BrN6/c1-2-16-14-19-12(11-8-18-21-13(11)20-14)17-7-9-4-3-5-10(15)6-9/h3-6,8H,2,7H2,1H3,(H3,16,17,18,19,20,21). The Bertz CT molecular complexity index is 754. The number of nitrogens with zero attached hydrogens (tertiary/aromatic N) is 3. The lowest BCUT2D eigenvalue weighted by Gasteiger charge is -2.09. The summed E-state index contributed by atoms with van der Waals surface area (Å²) >= 11 is 3.48. The number of hydrogen-bond donors (Lipinski definition) is 3. The average molecular weight is 347 g/mol. The van der Waals surface area contributed by atoms with Gasteiger partial charge >= 0.3 is 0 Å². The molecule has 0 atom stereocenters. The van der Waals surface area contributed by atoms with E-state index in [1.807, 2.05) is 19.1 Å². The summed E-state index contributed by atoms with van der Waals surface area (Å²) in [5.74, 6) is 1.36. The Hall–Kier alpha value is -2.15. The minimum absolute atomic E-state index is 0.589. The van der Waals surface area contributed by atoms with E-state index in [1.165, 1.54) is 5.56 Å². The zero-order chi connectivity index (χ0) is 14.7. The minimum atomic E-state index is 0.589. The number of hydrogen-bond acceptors (Lipinski definition) is 5. The molecule has 2 heterocycles. The molecule has 0 bridgehead atoms. The van der Waals surface area contributed by atoms with E-state index >= 15 is 0 Å².